The van der Waals surface area contributed by atoms with Crippen molar-refractivity contribution in [2.45, 2.75) is 38.8 Å². The Morgan fingerprint density at radius 3 is 1.91 bits per heavy atom. The number of hydrogen-bond acceptors (Lipinski definition) is 1. The Morgan fingerprint density at radius 1 is 0.800 bits per heavy atom. The van der Waals surface area contributed by atoms with Gasteiger partial charge in [0.1, 0.15) is 5.75 Å². The predicted octanol–water partition coefficient (Wildman–Crippen LogP) is 7.54. The minimum Gasteiger partial charge on any atom is -0.496 e. The number of rotatable bonds is 6. The molecule has 0 aliphatic heterocycles. The van der Waals surface area contributed by atoms with Gasteiger partial charge in [0, 0.05) is 23.0 Å². The average Bonchev–Trinajstić information content (AvgIpc) is 3.21. The van der Waals surface area contributed by atoms with Crippen LogP contribution >= 0.6 is 0 Å². The van der Waals surface area contributed by atoms with Crippen LogP contribution < -0.4 is 9.92 Å². The Labute approximate surface area is 211 Å². The summed E-state index contributed by atoms with van der Waals surface area (Å²) in [4.78, 5) is 0. The van der Waals surface area contributed by atoms with Gasteiger partial charge >= 0.3 is 0 Å². The Bertz CT molecular complexity index is 1330. The average molecular weight is 475 g/mol. The van der Waals surface area contributed by atoms with Gasteiger partial charge in [0.15, 0.2) is 0 Å². The van der Waals surface area contributed by atoms with E-state index in [1.54, 1.807) is 0 Å². The van der Waals surface area contributed by atoms with Gasteiger partial charge < -0.3 is 4.74 Å². The van der Waals surface area contributed by atoms with Crippen LogP contribution in [0.5, 0.6) is 5.75 Å². The number of hydrogen-bond donors (Lipinski definition) is 0. The highest BCUT2D eigenvalue weighted by atomic mass is 28.3. The first-order chi connectivity index (χ1) is 17.0. The third kappa shape index (κ3) is 4.17. The molecule has 35 heavy (non-hydrogen) atoms. The molecule has 0 fully saturated rings. The molecular weight excluding hydrogens is 440 g/mol. The van der Waals surface area contributed by atoms with Gasteiger partial charge in [-0.05, 0) is 40.8 Å². The van der Waals surface area contributed by atoms with E-state index < -0.39 is 8.80 Å². The van der Waals surface area contributed by atoms with Gasteiger partial charge in [-0.2, -0.15) is 0 Å². The van der Waals surface area contributed by atoms with Gasteiger partial charge in [-0.25, -0.2) is 0 Å². The predicted molar refractivity (Wildman–Crippen MR) is 153 cm³/mol. The normalized spacial score (nSPS) is 14.8. The topological polar surface area (TPSA) is 9.23 Å². The van der Waals surface area contributed by atoms with Crippen molar-refractivity contribution >= 4 is 25.6 Å². The first kappa shape index (κ1) is 23.4. The van der Waals surface area contributed by atoms with Crippen molar-refractivity contribution in [3.8, 4) is 5.75 Å². The molecule has 0 amide bonds. The zero-order chi connectivity index (χ0) is 24.5. The molecule has 0 heterocycles. The van der Waals surface area contributed by atoms with Crippen molar-refractivity contribution < 1.29 is 4.74 Å². The number of fused-ring (bicyclic) bond motifs is 1. The van der Waals surface area contributed by atoms with Crippen LogP contribution in [-0.2, 0) is 0 Å². The van der Waals surface area contributed by atoms with Crippen LogP contribution in [0.4, 0.5) is 0 Å². The van der Waals surface area contributed by atoms with E-state index in [1.165, 1.54) is 49.7 Å². The molecule has 0 saturated carbocycles. The smallest absolute Gasteiger partial charge is 0.130 e. The third-order valence-electron chi connectivity index (χ3n) is 7.45. The van der Waals surface area contributed by atoms with E-state index in [1.807, 2.05) is 7.11 Å². The molecule has 4 aromatic carbocycles. The molecule has 1 aliphatic rings. The fourth-order valence-electron chi connectivity index (χ4n) is 5.95. The van der Waals surface area contributed by atoms with Crippen molar-refractivity contribution in [1.82, 2.24) is 0 Å². The lowest BCUT2D eigenvalue weighted by Crippen LogP contribution is -2.32. The molecule has 0 bridgehead atoms. The lowest BCUT2D eigenvalue weighted by Gasteiger charge is -2.29. The standard InChI is InChI=1S/C33H34OSi/c1-22-20-29(28-21-26-18-12-13-19-27(26)23(28)2)32(34-3)31(33(22)35(4)5)30(24-14-8-6-9-15-24)25-16-10-7-11-17-25/h6-21,23,30,35H,1-5H3. The second-order valence-corrected chi connectivity index (χ2v) is 12.8. The molecule has 0 aromatic heterocycles. The molecule has 0 N–H and O–H groups in total. The van der Waals surface area contributed by atoms with Crippen LogP contribution in [0.15, 0.2) is 91.0 Å². The van der Waals surface area contributed by atoms with E-state index in [0.717, 1.165) is 5.75 Å². The van der Waals surface area contributed by atoms with Crippen LogP contribution in [0.3, 0.4) is 0 Å². The number of ether oxygens (including phenoxy) is 1. The molecule has 1 aliphatic carbocycles. The summed E-state index contributed by atoms with van der Waals surface area (Å²) in [6, 6.07) is 33.0. The molecule has 0 saturated heterocycles. The highest BCUT2D eigenvalue weighted by molar-refractivity contribution is 6.71. The lowest BCUT2D eigenvalue weighted by atomic mass is 9.81. The van der Waals surface area contributed by atoms with Crippen molar-refractivity contribution in [1.29, 1.82) is 0 Å². The SMILES string of the molecule is COc1c(C2=Cc3ccccc3C2C)cc(C)c([SiH](C)C)c1C(c1ccccc1)c1ccccc1. The Morgan fingerprint density at radius 2 is 1.37 bits per heavy atom. The molecular formula is C33H34OSi. The summed E-state index contributed by atoms with van der Waals surface area (Å²) in [6.45, 7) is 9.49. The third-order valence-corrected chi connectivity index (χ3v) is 9.37. The van der Waals surface area contributed by atoms with Crippen molar-refractivity contribution in [2.24, 2.45) is 0 Å². The Kier molecular flexibility index (Phi) is 6.49. The lowest BCUT2D eigenvalue weighted by molar-refractivity contribution is 0.408. The van der Waals surface area contributed by atoms with Crippen molar-refractivity contribution in [3.63, 3.8) is 0 Å². The molecule has 4 aromatic rings. The number of methoxy groups -OCH3 is 1. The van der Waals surface area contributed by atoms with Gasteiger partial charge in [0.05, 0.1) is 15.9 Å². The molecule has 1 unspecified atom stereocenters. The van der Waals surface area contributed by atoms with Crippen LogP contribution in [0.1, 0.15) is 57.7 Å². The molecule has 0 spiro atoms. The van der Waals surface area contributed by atoms with Crippen molar-refractivity contribution in [3.05, 3.63) is 130 Å². The van der Waals surface area contributed by atoms with Gasteiger partial charge in [-0.1, -0.05) is 122 Å². The van der Waals surface area contributed by atoms with Crippen LogP contribution in [0.2, 0.25) is 13.1 Å². The summed E-state index contributed by atoms with van der Waals surface area (Å²) in [6.07, 6.45) is 2.37. The fraction of sp³-hybridized carbons (Fsp3) is 0.212. The quantitative estimate of drug-likeness (QED) is 0.207. The van der Waals surface area contributed by atoms with E-state index in [2.05, 4.69) is 124 Å². The van der Waals surface area contributed by atoms with Gasteiger partial charge in [0.2, 0.25) is 0 Å². The summed E-state index contributed by atoms with van der Waals surface area (Å²) >= 11 is 0. The number of aryl methyl sites for hydroxylation is 1. The summed E-state index contributed by atoms with van der Waals surface area (Å²) in [7, 11) is 0.669. The maximum absolute atomic E-state index is 6.39. The van der Waals surface area contributed by atoms with Crippen LogP contribution in [0.25, 0.3) is 11.6 Å². The Balaban J connectivity index is 1.82. The molecule has 1 atom stereocenters. The Hall–Kier alpha value is -3.36. The molecule has 2 heteroatoms. The molecule has 176 valence electrons. The minimum atomic E-state index is -1.18. The van der Waals surface area contributed by atoms with E-state index >= 15 is 0 Å². The van der Waals surface area contributed by atoms with Crippen molar-refractivity contribution in [2.75, 3.05) is 7.11 Å². The van der Waals surface area contributed by atoms with Gasteiger partial charge in [0.25, 0.3) is 0 Å². The maximum Gasteiger partial charge on any atom is 0.130 e. The largest absolute Gasteiger partial charge is 0.496 e. The number of allylic oxidation sites excluding steroid dienone is 1. The minimum absolute atomic E-state index is 0.121. The first-order valence-corrected chi connectivity index (χ1v) is 15.5. The maximum atomic E-state index is 6.39. The zero-order valence-electron chi connectivity index (χ0n) is 21.4. The second-order valence-electron chi connectivity index (χ2n) is 9.96. The summed E-state index contributed by atoms with van der Waals surface area (Å²) in [5.74, 6) is 1.49. The molecule has 0 radical (unpaired) electrons. The van der Waals surface area contributed by atoms with E-state index in [4.69, 9.17) is 4.74 Å². The fourth-order valence-corrected chi connectivity index (χ4v) is 7.87. The first-order valence-electron chi connectivity index (χ1n) is 12.6. The second kappa shape index (κ2) is 9.71. The van der Waals surface area contributed by atoms with Gasteiger partial charge in [-0.3, -0.25) is 0 Å². The highest BCUT2D eigenvalue weighted by Gasteiger charge is 2.31. The summed E-state index contributed by atoms with van der Waals surface area (Å²) in [5.41, 5.74) is 10.7. The van der Waals surface area contributed by atoms with E-state index in [-0.39, 0.29) is 5.92 Å². The monoisotopic (exact) mass is 474 g/mol. The van der Waals surface area contributed by atoms with E-state index in [9.17, 15) is 0 Å². The van der Waals surface area contributed by atoms with Crippen LogP contribution in [0, 0.1) is 6.92 Å². The summed E-state index contributed by atoms with van der Waals surface area (Å²) in [5, 5.41) is 1.52. The number of benzene rings is 4. The molecule has 5 rings (SSSR count). The highest BCUT2D eigenvalue weighted by Crippen LogP contribution is 2.47. The molecule has 1 nitrogen and oxygen atoms in total. The summed E-state index contributed by atoms with van der Waals surface area (Å²) < 4.78 is 6.39. The van der Waals surface area contributed by atoms with E-state index in [0.29, 0.717) is 5.92 Å². The zero-order valence-corrected chi connectivity index (χ0v) is 22.5. The van der Waals surface area contributed by atoms with Crippen LogP contribution in [-0.4, -0.2) is 15.9 Å². The van der Waals surface area contributed by atoms with Gasteiger partial charge in [-0.15, -0.1) is 0 Å².